The SMILES string of the molecule is CC1(C)CSC=C1C1=CCCCC1=O. The Labute approximate surface area is 89.6 Å². The van der Waals surface area contributed by atoms with Crippen molar-refractivity contribution in [3.05, 3.63) is 22.6 Å². The number of carbonyl (C=O) groups is 1. The van der Waals surface area contributed by atoms with E-state index >= 15 is 0 Å². The molecule has 76 valence electrons. The molecule has 0 fully saturated rings. The number of Topliss-reactive ketones (excluding diaryl/α,β-unsaturated/α-hetero) is 1. The van der Waals surface area contributed by atoms with Gasteiger partial charge in [-0.1, -0.05) is 19.9 Å². The lowest BCUT2D eigenvalue weighted by atomic mass is 9.79. The summed E-state index contributed by atoms with van der Waals surface area (Å²) in [4.78, 5) is 11.8. The third-order valence-electron chi connectivity index (χ3n) is 2.92. The van der Waals surface area contributed by atoms with Crippen molar-refractivity contribution in [2.75, 3.05) is 5.75 Å². The molecule has 1 aliphatic heterocycles. The third-order valence-corrected chi connectivity index (χ3v) is 4.21. The molecular formula is C12H16OS. The summed E-state index contributed by atoms with van der Waals surface area (Å²) in [6, 6.07) is 0. The number of allylic oxidation sites excluding steroid dienone is 3. The quantitative estimate of drug-likeness (QED) is 0.657. The maximum atomic E-state index is 11.8. The van der Waals surface area contributed by atoms with Gasteiger partial charge in [-0.15, -0.1) is 11.8 Å². The van der Waals surface area contributed by atoms with Gasteiger partial charge in [0.2, 0.25) is 0 Å². The Morgan fingerprint density at radius 3 is 2.79 bits per heavy atom. The molecule has 0 unspecified atom stereocenters. The highest BCUT2D eigenvalue weighted by molar-refractivity contribution is 8.02. The number of carbonyl (C=O) groups excluding carboxylic acids is 1. The van der Waals surface area contributed by atoms with E-state index in [0.29, 0.717) is 5.78 Å². The normalized spacial score (nSPS) is 26.0. The van der Waals surface area contributed by atoms with Crippen molar-refractivity contribution in [2.45, 2.75) is 33.1 Å². The molecule has 14 heavy (non-hydrogen) atoms. The van der Waals surface area contributed by atoms with Crippen LogP contribution in [-0.2, 0) is 4.79 Å². The van der Waals surface area contributed by atoms with E-state index in [1.165, 1.54) is 5.57 Å². The topological polar surface area (TPSA) is 17.1 Å². The fraction of sp³-hybridized carbons (Fsp3) is 0.583. The molecule has 0 aromatic heterocycles. The van der Waals surface area contributed by atoms with Crippen molar-refractivity contribution in [3.63, 3.8) is 0 Å². The van der Waals surface area contributed by atoms with Gasteiger partial charge in [-0.3, -0.25) is 4.79 Å². The van der Waals surface area contributed by atoms with E-state index < -0.39 is 0 Å². The highest BCUT2D eigenvalue weighted by atomic mass is 32.2. The Morgan fingerprint density at radius 2 is 2.21 bits per heavy atom. The summed E-state index contributed by atoms with van der Waals surface area (Å²) in [5.74, 6) is 1.45. The predicted molar refractivity (Wildman–Crippen MR) is 61.3 cm³/mol. The Hall–Kier alpha value is -0.500. The van der Waals surface area contributed by atoms with Crippen molar-refractivity contribution in [3.8, 4) is 0 Å². The van der Waals surface area contributed by atoms with Gasteiger partial charge >= 0.3 is 0 Å². The van der Waals surface area contributed by atoms with Gasteiger partial charge in [-0.05, 0) is 23.8 Å². The van der Waals surface area contributed by atoms with Crippen molar-refractivity contribution in [2.24, 2.45) is 5.41 Å². The van der Waals surface area contributed by atoms with Crippen molar-refractivity contribution in [1.29, 1.82) is 0 Å². The zero-order valence-corrected chi connectivity index (χ0v) is 9.62. The number of ketones is 1. The molecule has 2 heteroatoms. The number of rotatable bonds is 1. The van der Waals surface area contributed by atoms with Crippen LogP contribution in [0.3, 0.4) is 0 Å². The highest BCUT2D eigenvalue weighted by Gasteiger charge is 2.33. The van der Waals surface area contributed by atoms with Crippen LogP contribution < -0.4 is 0 Å². The van der Waals surface area contributed by atoms with Gasteiger partial charge in [-0.2, -0.15) is 0 Å². The molecule has 0 atom stereocenters. The zero-order chi connectivity index (χ0) is 10.2. The summed E-state index contributed by atoms with van der Waals surface area (Å²) in [7, 11) is 0. The lowest BCUT2D eigenvalue weighted by molar-refractivity contribution is -0.115. The van der Waals surface area contributed by atoms with Gasteiger partial charge in [0.15, 0.2) is 5.78 Å². The third kappa shape index (κ3) is 1.68. The first kappa shape index (κ1) is 10.0. The summed E-state index contributed by atoms with van der Waals surface area (Å²) >= 11 is 1.83. The average molecular weight is 208 g/mol. The molecule has 2 aliphatic rings. The molecule has 1 heterocycles. The van der Waals surface area contributed by atoms with E-state index in [1.807, 2.05) is 11.8 Å². The second-order valence-corrected chi connectivity index (χ2v) is 5.52. The summed E-state index contributed by atoms with van der Waals surface area (Å²) in [5, 5.41) is 2.18. The van der Waals surface area contributed by atoms with Crippen LogP contribution in [0.2, 0.25) is 0 Å². The second-order valence-electron chi connectivity index (χ2n) is 4.66. The van der Waals surface area contributed by atoms with E-state index in [1.54, 1.807) is 0 Å². The summed E-state index contributed by atoms with van der Waals surface area (Å²) in [5.41, 5.74) is 2.46. The van der Waals surface area contributed by atoms with Gasteiger partial charge in [0.25, 0.3) is 0 Å². The van der Waals surface area contributed by atoms with Gasteiger partial charge in [0.05, 0.1) is 0 Å². The Morgan fingerprint density at radius 1 is 1.43 bits per heavy atom. The monoisotopic (exact) mass is 208 g/mol. The van der Waals surface area contributed by atoms with E-state index in [4.69, 9.17) is 0 Å². The zero-order valence-electron chi connectivity index (χ0n) is 8.80. The fourth-order valence-electron chi connectivity index (χ4n) is 2.02. The lowest BCUT2D eigenvalue weighted by Crippen LogP contribution is -2.20. The minimum Gasteiger partial charge on any atom is -0.294 e. The molecule has 0 aromatic carbocycles. The van der Waals surface area contributed by atoms with Crippen LogP contribution in [-0.4, -0.2) is 11.5 Å². The summed E-state index contributed by atoms with van der Waals surface area (Å²) < 4.78 is 0. The molecule has 1 aliphatic carbocycles. The first-order valence-corrected chi connectivity index (χ1v) is 6.22. The van der Waals surface area contributed by atoms with E-state index in [-0.39, 0.29) is 5.41 Å². The van der Waals surface area contributed by atoms with E-state index in [0.717, 1.165) is 30.6 Å². The maximum Gasteiger partial charge on any atom is 0.162 e. The molecule has 0 radical (unpaired) electrons. The van der Waals surface area contributed by atoms with Crippen LogP contribution in [0.4, 0.5) is 0 Å². The standard InChI is InChI=1S/C12H16OS/c1-12(2)8-14-7-10(12)9-5-3-4-6-11(9)13/h5,7H,3-4,6,8H2,1-2H3. The van der Waals surface area contributed by atoms with E-state index in [2.05, 4.69) is 25.3 Å². The summed E-state index contributed by atoms with van der Waals surface area (Å²) in [6.45, 7) is 4.45. The Kier molecular flexibility index (Phi) is 2.56. The smallest absolute Gasteiger partial charge is 0.162 e. The van der Waals surface area contributed by atoms with Crippen LogP contribution in [0.25, 0.3) is 0 Å². The first-order valence-electron chi connectivity index (χ1n) is 5.17. The van der Waals surface area contributed by atoms with Gasteiger partial charge < -0.3 is 0 Å². The Balaban J connectivity index is 2.31. The molecular weight excluding hydrogens is 192 g/mol. The first-order chi connectivity index (χ1) is 6.61. The molecule has 1 nitrogen and oxygen atoms in total. The molecule has 0 saturated heterocycles. The highest BCUT2D eigenvalue weighted by Crippen LogP contribution is 2.43. The van der Waals surface area contributed by atoms with Gasteiger partial charge in [0, 0.05) is 23.2 Å². The molecule has 0 amide bonds. The van der Waals surface area contributed by atoms with Gasteiger partial charge in [-0.25, -0.2) is 0 Å². The molecule has 0 N–H and O–H groups in total. The van der Waals surface area contributed by atoms with Crippen molar-refractivity contribution >= 4 is 17.5 Å². The fourth-order valence-corrected chi connectivity index (χ4v) is 3.28. The van der Waals surface area contributed by atoms with E-state index in [9.17, 15) is 4.79 Å². The minimum atomic E-state index is 0.184. The van der Waals surface area contributed by atoms with Crippen molar-refractivity contribution in [1.82, 2.24) is 0 Å². The lowest BCUT2D eigenvalue weighted by Gasteiger charge is -2.24. The van der Waals surface area contributed by atoms with Crippen LogP contribution in [0.1, 0.15) is 33.1 Å². The molecule has 0 spiro atoms. The van der Waals surface area contributed by atoms with Gasteiger partial charge in [0.1, 0.15) is 0 Å². The summed E-state index contributed by atoms with van der Waals surface area (Å²) in [6.07, 6.45) is 4.97. The van der Waals surface area contributed by atoms with Crippen LogP contribution in [0.15, 0.2) is 22.6 Å². The molecule has 0 bridgehead atoms. The number of hydrogen-bond acceptors (Lipinski definition) is 2. The molecule has 2 rings (SSSR count). The Bertz CT molecular complexity index is 323. The molecule has 0 saturated carbocycles. The maximum absolute atomic E-state index is 11.8. The van der Waals surface area contributed by atoms with Crippen molar-refractivity contribution < 1.29 is 4.79 Å². The van der Waals surface area contributed by atoms with Crippen LogP contribution in [0, 0.1) is 5.41 Å². The largest absolute Gasteiger partial charge is 0.294 e. The number of thioether (sulfide) groups is 1. The van der Waals surface area contributed by atoms with Crippen LogP contribution >= 0.6 is 11.8 Å². The average Bonchev–Trinajstić information content (AvgIpc) is 2.46. The van der Waals surface area contributed by atoms with Crippen LogP contribution in [0.5, 0.6) is 0 Å². The minimum absolute atomic E-state index is 0.184. The predicted octanol–water partition coefficient (Wildman–Crippen LogP) is 3.32. The molecule has 0 aromatic rings. The second kappa shape index (κ2) is 3.58. The number of hydrogen-bond donors (Lipinski definition) is 0.